The van der Waals surface area contributed by atoms with Gasteiger partial charge in [-0.3, -0.25) is 5.10 Å². The summed E-state index contributed by atoms with van der Waals surface area (Å²) in [6.45, 7) is 6.06. The lowest BCUT2D eigenvalue weighted by Crippen LogP contribution is -2.09. The van der Waals surface area contributed by atoms with E-state index in [0.29, 0.717) is 0 Å². The molecule has 0 radical (unpaired) electrons. The van der Waals surface area contributed by atoms with Crippen LogP contribution in [0.15, 0.2) is 48.5 Å². The Morgan fingerprint density at radius 3 is 2.46 bits per heavy atom. The summed E-state index contributed by atoms with van der Waals surface area (Å²) < 4.78 is 0. The fourth-order valence-electron chi connectivity index (χ4n) is 5.59. The minimum Gasteiger partial charge on any atom is -0.308 e. The smallest absolute Gasteiger partial charge is 0.0963 e. The third kappa shape index (κ3) is 4.64. The second-order valence-electron chi connectivity index (χ2n) is 9.67. The minimum absolute atomic E-state index is 0.883. The van der Waals surface area contributed by atoms with Gasteiger partial charge in [0, 0.05) is 39.1 Å². The van der Waals surface area contributed by atoms with Crippen molar-refractivity contribution in [1.82, 2.24) is 10.2 Å². The average molecular weight is 482 g/mol. The highest BCUT2D eigenvalue weighted by Crippen LogP contribution is 2.46. The topological polar surface area (TPSA) is 52.5 Å². The van der Waals surface area contributed by atoms with E-state index in [1.165, 1.54) is 82.4 Å². The third-order valence-electron chi connectivity index (χ3n) is 7.47. The number of rotatable bonds is 5. The van der Waals surface area contributed by atoms with Crippen LogP contribution in [0, 0.1) is 18.3 Å². The average Bonchev–Trinajstić information content (AvgIpc) is 3.58. The zero-order valence-electron chi connectivity index (χ0n) is 21.1. The molecule has 0 unspecified atom stereocenters. The maximum Gasteiger partial charge on any atom is 0.0963 e. The molecule has 3 nitrogen and oxygen atoms in total. The summed E-state index contributed by atoms with van der Waals surface area (Å²) in [5, 5.41) is 15.5. The van der Waals surface area contributed by atoms with Crippen LogP contribution >= 0.6 is 11.3 Å². The van der Waals surface area contributed by atoms with Crippen molar-refractivity contribution >= 4 is 17.6 Å². The number of benzene rings is 2. The Kier molecular flexibility index (Phi) is 7.01. The van der Waals surface area contributed by atoms with Crippen molar-refractivity contribution in [1.29, 1.82) is 5.41 Å². The van der Waals surface area contributed by atoms with Crippen LogP contribution in [0.4, 0.5) is 0 Å². The monoisotopic (exact) mass is 481 g/mol. The van der Waals surface area contributed by atoms with Crippen LogP contribution in [0.1, 0.15) is 73.1 Å². The van der Waals surface area contributed by atoms with Crippen LogP contribution in [-0.4, -0.2) is 16.4 Å². The molecule has 1 saturated carbocycles. The van der Waals surface area contributed by atoms with E-state index in [1.54, 1.807) is 0 Å². The van der Waals surface area contributed by atoms with Gasteiger partial charge in [-0.1, -0.05) is 82.3 Å². The summed E-state index contributed by atoms with van der Waals surface area (Å²) in [4.78, 5) is 2.77. The summed E-state index contributed by atoms with van der Waals surface area (Å²) in [5.74, 6) is 0.883. The second kappa shape index (κ2) is 10.3. The molecule has 0 atom stereocenters. The lowest BCUT2D eigenvalue weighted by atomic mass is 9.85. The second-order valence-corrected chi connectivity index (χ2v) is 10.8. The highest BCUT2D eigenvalue weighted by Gasteiger charge is 2.28. The molecule has 4 aromatic rings. The van der Waals surface area contributed by atoms with Crippen LogP contribution in [-0.2, 0) is 12.8 Å². The molecule has 6 rings (SSSR count). The normalized spacial score (nSPS) is 14.7. The summed E-state index contributed by atoms with van der Waals surface area (Å²) in [6, 6.07) is 17.9. The zero-order chi connectivity index (χ0) is 24.4. The number of aromatic amines is 1. The van der Waals surface area contributed by atoms with Gasteiger partial charge in [0.15, 0.2) is 0 Å². The third-order valence-corrected chi connectivity index (χ3v) is 8.65. The van der Waals surface area contributed by atoms with Crippen molar-refractivity contribution in [2.75, 3.05) is 0 Å². The molecule has 2 aliphatic carbocycles. The summed E-state index contributed by atoms with van der Waals surface area (Å²) in [6.07, 6.45) is 10.6. The fraction of sp³-hybridized carbons (Fsp3) is 0.355. The van der Waals surface area contributed by atoms with Crippen molar-refractivity contribution in [3.05, 3.63) is 75.7 Å². The molecule has 2 aliphatic rings. The molecule has 180 valence electrons. The van der Waals surface area contributed by atoms with Gasteiger partial charge >= 0.3 is 0 Å². The predicted octanol–water partition coefficient (Wildman–Crippen LogP) is 8.83. The van der Waals surface area contributed by atoms with Crippen LogP contribution < -0.4 is 0 Å². The number of thiophene rings is 1. The Morgan fingerprint density at radius 1 is 1.00 bits per heavy atom. The van der Waals surface area contributed by atoms with Gasteiger partial charge in [-0.05, 0) is 53.6 Å². The van der Waals surface area contributed by atoms with E-state index >= 15 is 0 Å². The zero-order valence-corrected chi connectivity index (χ0v) is 21.9. The number of nitrogens with one attached hydrogen (secondary N) is 2. The van der Waals surface area contributed by atoms with E-state index in [0.717, 1.165) is 34.7 Å². The molecule has 4 heteroatoms. The number of aromatic nitrogens is 2. The number of H-pyrrole nitrogens is 1. The van der Waals surface area contributed by atoms with Crippen molar-refractivity contribution in [2.24, 2.45) is 5.92 Å². The highest BCUT2D eigenvalue weighted by atomic mass is 32.1. The number of nitrogens with zero attached hydrogens (tertiary/aromatic N) is 1. The van der Waals surface area contributed by atoms with Gasteiger partial charge in [0.1, 0.15) is 0 Å². The molecule has 2 aromatic carbocycles. The van der Waals surface area contributed by atoms with E-state index in [9.17, 15) is 0 Å². The van der Waals surface area contributed by atoms with Gasteiger partial charge in [0.2, 0.25) is 0 Å². The van der Waals surface area contributed by atoms with Gasteiger partial charge < -0.3 is 5.41 Å². The summed E-state index contributed by atoms with van der Waals surface area (Å²) in [7, 11) is 0. The van der Waals surface area contributed by atoms with Gasteiger partial charge in [-0.25, -0.2) is 0 Å². The van der Waals surface area contributed by atoms with Crippen LogP contribution in [0.25, 0.3) is 33.0 Å². The molecule has 1 fully saturated rings. The lowest BCUT2D eigenvalue weighted by molar-refractivity contribution is 0.356. The van der Waals surface area contributed by atoms with Crippen molar-refractivity contribution in [3.8, 4) is 33.0 Å². The van der Waals surface area contributed by atoms with Crippen LogP contribution in [0.2, 0.25) is 0 Å². The Morgan fingerprint density at radius 2 is 1.74 bits per heavy atom. The molecule has 2 aromatic heterocycles. The Balaban J connectivity index is 0.00000124. The number of aryl methyl sites for hydroxylation is 1. The van der Waals surface area contributed by atoms with Gasteiger partial charge in [-0.2, -0.15) is 5.10 Å². The maximum absolute atomic E-state index is 7.53. The van der Waals surface area contributed by atoms with Crippen molar-refractivity contribution in [2.45, 2.75) is 65.7 Å². The minimum atomic E-state index is 0.883. The van der Waals surface area contributed by atoms with Crippen molar-refractivity contribution < 1.29 is 0 Å². The summed E-state index contributed by atoms with van der Waals surface area (Å²) in [5.41, 5.74) is 10.8. The van der Waals surface area contributed by atoms with E-state index in [1.807, 2.05) is 31.3 Å². The molecule has 0 aliphatic heterocycles. The summed E-state index contributed by atoms with van der Waals surface area (Å²) >= 11 is 1.91. The number of hydrogen-bond donors (Lipinski definition) is 2. The Hall–Kier alpha value is -2.98. The molecule has 2 heterocycles. The van der Waals surface area contributed by atoms with E-state index in [4.69, 9.17) is 5.41 Å². The predicted molar refractivity (Wildman–Crippen MR) is 150 cm³/mol. The molecule has 35 heavy (non-hydrogen) atoms. The van der Waals surface area contributed by atoms with Crippen LogP contribution in [0.3, 0.4) is 0 Å². The molecule has 0 saturated heterocycles. The number of fused-ring (bicyclic) bond motifs is 3. The highest BCUT2D eigenvalue weighted by molar-refractivity contribution is 7.16. The quantitative estimate of drug-likeness (QED) is 0.242. The van der Waals surface area contributed by atoms with E-state index < -0.39 is 0 Å². The SMILES string of the molecule is CC.Cc1cc(-c2n[nH]c3c2Cc2sc(-c4ccc(CC5CCCCC5)cc4)cc2-3)ccc1C=N. The molecule has 2 N–H and O–H groups in total. The molecular weight excluding hydrogens is 446 g/mol. The standard InChI is InChI=1S/C29H29N3S.C2H6/c1-18-13-22(11-12-23(18)17-30)28-25-16-27-24(29(25)32-31-28)15-26(33-27)21-9-7-20(8-10-21)14-19-5-3-2-4-6-19;1-2/h7-13,15,17,19,30H,2-6,14,16H2,1H3,(H,31,32);1-2H3. The Labute approximate surface area is 213 Å². The maximum atomic E-state index is 7.53. The first-order valence-electron chi connectivity index (χ1n) is 13.1. The lowest BCUT2D eigenvalue weighted by Gasteiger charge is -2.21. The van der Waals surface area contributed by atoms with Crippen molar-refractivity contribution in [3.63, 3.8) is 0 Å². The molecular formula is C31H35N3S. The molecule has 0 bridgehead atoms. The Bertz CT molecular complexity index is 1320. The van der Waals surface area contributed by atoms with E-state index in [-0.39, 0.29) is 0 Å². The first kappa shape index (κ1) is 23.7. The van der Waals surface area contributed by atoms with Gasteiger partial charge in [0.25, 0.3) is 0 Å². The largest absolute Gasteiger partial charge is 0.308 e. The van der Waals surface area contributed by atoms with E-state index in [2.05, 4.69) is 59.6 Å². The number of hydrogen-bond acceptors (Lipinski definition) is 3. The van der Waals surface area contributed by atoms with Gasteiger partial charge in [0.05, 0.1) is 11.4 Å². The van der Waals surface area contributed by atoms with Gasteiger partial charge in [-0.15, -0.1) is 11.3 Å². The van der Waals surface area contributed by atoms with Crippen LogP contribution in [0.5, 0.6) is 0 Å². The molecule has 0 spiro atoms. The first-order valence-corrected chi connectivity index (χ1v) is 13.9. The first-order chi connectivity index (χ1) is 17.2. The fourth-order valence-corrected chi connectivity index (χ4v) is 6.77. The molecule has 0 amide bonds.